The van der Waals surface area contributed by atoms with Crippen LogP contribution in [-0.2, 0) is 9.53 Å². The number of esters is 1. The van der Waals surface area contributed by atoms with Crippen molar-refractivity contribution in [3.63, 3.8) is 0 Å². The quantitative estimate of drug-likeness (QED) is 0.759. The third-order valence-electron chi connectivity index (χ3n) is 2.70. The maximum Gasteiger partial charge on any atom is 0.318 e. The molecule has 0 bridgehead atoms. The summed E-state index contributed by atoms with van der Waals surface area (Å²) < 4.78 is 11.3. The molecular formula is C13H15BrN2O3S. The number of ether oxygens (including phenoxy) is 1. The van der Waals surface area contributed by atoms with Crippen molar-refractivity contribution in [1.82, 2.24) is 10.1 Å². The molecule has 20 heavy (non-hydrogen) atoms. The Hall–Kier alpha value is -1.21. The number of thiophene rings is 1. The molecule has 0 aliphatic rings. The highest BCUT2D eigenvalue weighted by Gasteiger charge is 2.31. The first-order valence-corrected chi connectivity index (χ1v) is 7.94. The minimum Gasteiger partial charge on any atom is -0.465 e. The fourth-order valence-corrected chi connectivity index (χ4v) is 3.13. The fraction of sp³-hybridized carbons (Fsp3) is 0.462. The standard InChI is InChI=1S/C13H15BrN2O3S/c1-4-18-13(17)10(7(2)3)12-15-11(16-19-12)9-5-8(14)6-20-9/h5-7,10H,4H2,1-3H3. The number of hydrogen-bond acceptors (Lipinski definition) is 6. The lowest BCUT2D eigenvalue weighted by molar-refractivity contribution is -0.146. The van der Waals surface area contributed by atoms with Gasteiger partial charge >= 0.3 is 5.97 Å². The Morgan fingerprint density at radius 2 is 2.30 bits per heavy atom. The minimum atomic E-state index is -0.528. The topological polar surface area (TPSA) is 65.2 Å². The summed E-state index contributed by atoms with van der Waals surface area (Å²) >= 11 is 4.89. The summed E-state index contributed by atoms with van der Waals surface area (Å²) in [6.07, 6.45) is 0. The number of hydrogen-bond donors (Lipinski definition) is 0. The molecule has 2 heterocycles. The largest absolute Gasteiger partial charge is 0.465 e. The smallest absolute Gasteiger partial charge is 0.318 e. The molecule has 2 aromatic heterocycles. The molecule has 0 saturated heterocycles. The van der Waals surface area contributed by atoms with Crippen molar-refractivity contribution in [1.29, 1.82) is 0 Å². The van der Waals surface area contributed by atoms with Crippen LogP contribution in [0.3, 0.4) is 0 Å². The Balaban J connectivity index is 2.27. The van der Waals surface area contributed by atoms with Crippen molar-refractivity contribution >= 4 is 33.2 Å². The molecule has 0 radical (unpaired) electrons. The van der Waals surface area contributed by atoms with Crippen LogP contribution >= 0.6 is 27.3 Å². The van der Waals surface area contributed by atoms with Gasteiger partial charge in [0.15, 0.2) is 0 Å². The van der Waals surface area contributed by atoms with Crippen molar-refractivity contribution in [3.8, 4) is 10.7 Å². The molecule has 2 rings (SSSR count). The van der Waals surface area contributed by atoms with E-state index in [0.29, 0.717) is 18.3 Å². The van der Waals surface area contributed by atoms with E-state index in [1.54, 1.807) is 6.92 Å². The second kappa shape index (κ2) is 6.49. The molecule has 0 N–H and O–H groups in total. The van der Waals surface area contributed by atoms with E-state index in [4.69, 9.17) is 9.26 Å². The van der Waals surface area contributed by atoms with Gasteiger partial charge in [-0.2, -0.15) is 4.98 Å². The van der Waals surface area contributed by atoms with Crippen LogP contribution < -0.4 is 0 Å². The van der Waals surface area contributed by atoms with Crippen LogP contribution in [-0.4, -0.2) is 22.7 Å². The van der Waals surface area contributed by atoms with E-state index in [0.717, 1.165) is 9.35 Å². The van der Waals surface area contributed by atoms with E-state index in [-0.39, 0.29) is 11.9 Å². The Morgan fingerprint density at radius 3 is 2.85 bits per heavy atom. The van der Waals surface area contributed by atoms with Crippen molar-refractivity contribution < 1.29 is 14.1 Å². The summed E-state index contributed by atoms with van der Waals surface area (Å²) in [7, 11) is 0. The first-order valence-electron chi connectivity index (χ1n) is 6.27. The number of rotatable bonds is 5. The predicted molar refractivity (Wildman–Crippen MR) is 79.5 cm³/mol. The Labute approximate surface area is 129 Å². The van der Waals surface area contributed by atoms with Crippen molar-refractivity contribution in [2.24, 2.45) is 5.92 Å². The van der Waals surface area contributed by atoms with Gasteiger partial charge in [0, 0.05) is 9.85 Å². The Bertz CT molecular complexity index is 594. The number of aromatic nitrogens is 2. The average Bonchev–Trinajstić information content (AvgIpc) is 2.98. The van der Waals surface area contributed by atoms with E-state index in [1.165, 1.54) is 11.3 Å². The highest BCUT2D eigenvalue weighted by Crippen LogP contribution is 2.30. The van der Waals surface area contributed by atoms with Crippen LogP contribution in [0.15, 0.2) is 20.4 Å². The van der Waals surface area contributed by atoms with Gasteiger partial charge in [0.25, 0.3) is 0 Å². The first kappa shape index (κ1) is 15.2. The lowest BCUT2D eigenvalue weighted by Crippen LogP contribution is -2.21. The molecule has 0 spiro atoms. The summed E-state index contributed by atoms with van der Waals surface area (Å²) in [5, 5.41) is 5.88. The van der Waals surface area contributed by atoms with Crippen molar-refractivity contribution in [2.75, 3.05) is 6.61 Å². The van der Waals surface area contributed by atoms with Gasteiger partial charge in [-0.3, -0.25) is 4.79 Å². The van der Waals surface area contributed by atoms with Crippen LogP contribution in [0.5, 0.6) is 0 Å². The number of nitrogens with zero attached hydrogens (tertiary/aromatic N) is 2. The summed E-state index contributed by atoms with van der Waals surface area (Å²) in [4.78, 5) is 17.2. The van der Waals surface area contributed by atoms with Crippen molar-refractivity contribution in [2.45, 2.75) is 26.7 Å². The van der Waals surface area contributed by atoms with Gasteiger partial charge in [-0.15, -0.1) is 11.3 Å². The molecule has 0 aliphatic carbocycles. The summed E-state index contributed by atoms with van der Waals surface area (Å²) in [6, 6.07) is 1.91. The van der Waals surface area contributed by atoms with Crippen LogP contribution in [0.1, 0.15) is 32.6 Å². The number of carbonyl (C=O) groups excluding carboxylic acids is 1. The molecule has 5 nitrogen and oxygen atoms in total. The van der Waals surface area contributed by atoms with Gasteiger partial charge in [0.2, 0.25) is 11.7 Å². The lowest BCUT2D eigenvalue weighted by atomic mass is 9.96. The normalized spacial score (nSPS) is 12.7. The monoisotopic (exact) mass is 358 g/mol. The second-order valence-electron chi connectivity index (χ2n) is 4.56. The maximum atomic E-state index is 12.0. The highest BCUT2D eigenvalue weighted by atomic mass is 79.9. The van der Waals surface area contributed by atoms with Crippen LogP contribution in [0.2, 0.25) is 0 Å². The molecular weight excluding hydrogens is 344 g/mol. The zero-order chi connectivity index (χ0) is 14.7. The third-order valence-corrected chi connectivity index (χ3v) is 4.39. The molecule has 0 aliphatic heterocycles. The van der Waals surface area contributed by atoms with Gasteiger partial charge in [-0.25, -0.2) is 0 Å². The molecule has 0 aromatic carbocycles. The highest BCUT2D eigenvalue weighted by molar-refractivity contribution is 9.10. The minimum absolute atomic E-state index is 0.0254. The lowest BCUT2D eigenvalue weighted by Gasteiger charge is -2.14. The summed E-state index contributed by atoms with van der Waals surface area (Å²) in [5.41, 5.74) is 0. The Morgan fingerprint density at radius 1 is 1.55 bits per heavy atom. The molecule has 1 unspecified atom stereocenters. The third kappa shape index (κ3) is 3.27. The maximum absolute atomic E-state index is 12.0. The zero-order valence-electron chi connectivity index (χ0n) is 11.4. The second-order valence-corrected chi connectivity index (χ2v) is 6.39. The number of halogens is 1. The van der Waals surface area contributed by atoms with Crippen LogP contribution in [0.4, 0.5) is 0 Å². The molecule has 2 aromatic rings. The molecule has 7 heteroatoms. The van der Waals surface area contributed by atoms with E-state index in [9.17, 15) is 4.79 Å². The van der Waals surface area contributed by atoms with E-state index in [2.05, 4.69) is 26.1 Å². The van der Waals surface area contributed by atoms with Gasteiger partial charge in [0.1, 0.15) is 5.92 Å². The van der Waals surface area contributed by atoms with E-state index < -0.39 is 5.92 Å². The molecule has 0 fully saturated rings. The predicted octanol–water partition coefficient (Wildman–Crippen LogP) is 3.86. The van der Waals surface area contributed by atoms with Crippen LogP contribution in [0.25, 0.3) is 10.7 Å². The van der Waals surface area contributed by atoms with Crippen LogP contribution in [0, 0.1) is 5.92 Å². The van der Waals surface area contributed by atoms with E-state index in [1.807, 2.05) is 25.3 Å². The fourth-order valence-electron chi connectivity index (χ4n) is 1.78. The summed E-state index contributed by atoms with van der Waals surface area (Å²) in [5.74, 6) is -0.0364. The van der Waals surface area contributed by atoms with Gasteiger partial charge in [0.05, 0.1) is 11.5 Å². The van der Waals surface area contributed by atoms with Gasteiger partial charge in [-0.1, -0.05) is 19.0 Å². The summed E-state index contributed by atoms with van der Waals surface area (Å²) in [6.45, 7) is 5.96. The SMILES string of the molecule is CCOC(=O)C(c1nc(-c2cc(Br)cs2)no1)C(C)C. The molecule has 0 saturated carbocycles. The molecule has 1 atom stereocenters. The van der Waals surface area contributed by atoms with E-state index >= 15 is 0 Å². The van der Waals surface area contributed by atoms with Gasteiger partial charge < -0.3 is 9.26 Å². The number of carbonyl (C=O) groups is 1. The first-order chi connectivity index (χ1) is 9.52. The molecule has 108 valence electrons. The molecule has 0 amide bonds. The Kier molecular flexibility index (Phi) is 4.93. The average molecular weight is 359 g/mol. The van der Waals surface area contributed by atoms with Crippen molar-refractivity contribution in [3.05, 3.63) is 21.8 Å². The van der Waals surface area contributed by atoms with Gasteiger partial charge in [-0.05, 0) is 34.8 Å². The zero-order valence-corrected chi connectivity index (χ0v) is 13.8.